The molecule has 0 saturated carbocycles. The Morgan fingerprint density at radius 3 is 3.13 bits per heavy atom. The molecule has 0 unspecified atom stereocenters. The highest BCUT2D eigenvalue weighted by molar-refractivity contribution is 5.47. The van der Waals surface area contributed by atoms with Gasteiger partial charge in [0.25, 0.3) is 0 Å². The first-order chi connectivity index (χ1) is 7.34. The first-order valence-corrected chi connectivity index (χ1v) is 5.08. The van der Waals surface area contributed by atoms with Gasteiger partial charge in [-0.15, -0.1) is 0 Å². The molecule has 1 aromatic rings. The van der Waals surface area contributed by atoms with Crippen LogP contribution in [0.5, 0.6) is 0 Å². The number of aromatic nitrogens is 1. The number of hydrogen-bond acceptors (Lipinski definition) is 2. The molecule has 0 spiro atoms. The molecule has 0 bridgehead atoms. The van der Waals surface area contributed by atoms with Crippen molar-refractivity contribution in [2.24, 2.45) is 0 Å². The van der Waals surface area contributed by atoms with Crippen molar-refractivity contribution in [3.63, 3.8) is 0 Å². The molecule has 76 valence electrons. The molecular formula is C13H14N2. The number of hydrogen-bond donors (Lipinski definition) is 1. The van der Waals surface area contributed by atoms with Gasteiger partial charge in [0.2, 0.25) is 0 Å². The summed E-state index contributed by atoms with van der Waals surface area (Å²) in [6.07, 6.45) is 13.2. The summed E-state index contributed by atoms with van der Waals surface area (Å²) in [6, 6.07) is 4.02. The molecule has 1 heterocycles. The predicted molar refractivity (Wildman–Crippen MR) is 63.6 cm³/mol. The van der Waals surface area contributed by atoms with E-state index in [9.17, 15) is 0 Å². The summed E-state index contributed by atoms with van der Waals surface area (Å²) in [4.78, 5) is 4.26. The minimum Gasteiger partial charge on any atom is -0.340 e. The van der Waals surface area contributed by atoms with Crippen LogP contribution in [0.1, 0.15) is 12.0 Å². The average Bonchev–Trinajstić information content (AvgIpc) is 2.46. The highest BCUT2D eigenvalue weighted by Gasteiger charge is 1.96. The lowest BCUT2D eigenvalue weighted by Gasteiger charge is -2.06. The molecule has 0 radical (unpaired) electrons. The molecule has 0 saturated heterocycles. The van der Waals surface area contributed by atoms with E-state index >= 15 is 0 Å². The van der Waals surface area contributed by atoms with Gasteiger partial charge in [0.15, 0.2) is 0 Å². The molecule has 1 aliphatic rings. The van der Waals surface area contributed by atoms with Crippen LogP contribution in [0.3, 0.4) is 0 Å². The number of rotatable bonds is 2. The van der Waals surface area contributed by atoms with E-state index in [1.165, 1.54) is 5.56 Å². The number of pyridine rings is 1. The SMILES string of the molecule is Cc1ccnc(NC2=CCC=CC=C2)c1. The van der Waals surface area contributed by atoms with Gasteiger partial charge in [-0.25, -0.2) is 4.98 Å². The van der Waals surface area contributed by atoms with E-state index in [0.717, 1.165) is 17.9 Å². The third-order valence-corrected chi connectivity index (χ3v) is 2.18. The van der Waals surface area contributed by atoms with Gasteiger partial charge in [-0.05, 0) is 37.1 Å². The molecule has 1 aliphatic carbocycles. The van der Waals surface area contributed by atoms with E-state index in [1.54, 1.807) is 0 Å². The lowest BCUT2D eigenvalue weighted by molar-refractivity contribution is 1.24. The van der Waals surface area contributed by atoms with Crippen LogP contribution < -0.4 is 5.32 Å². The Morgan fingerprint density at radius 2 is 2.27 bits per heavy atom. The summed E-state index contributed by atoms with van der Waals surface area (Å²) < 4.78 is 0. The highest BCUT2D eigenvalue weighted by atomic mass is 15.0. The van der Waals surface area contributed by atoms with Gasteiger partial charge in [-0.2, -0.15) is 0 Å². The van der Waals surface area contributed by atoms with Crippen LogP contribution in [0.4, 0.5) is 5.82 Å². The van der Waals surface area contributed by atoms with Crippen molar-refractivity contribution in [2.45, 2.75) is 13.3 Å². The maximum Gasteiger partial charge on any atom is 0.130 e. The molecule has 2 heteroatoms. The molecule has 0 aliphatic heterocycles. The van der Waals surface area contributed by atoms with E-state index in [1.807, 2.05) is 30.5 Å². The molecule has 1 N–H and O–H groups in total. The second-order valence-corrected chi connectivity index (χ2v) is 3.53. The Balaban J connectivity index is 2.12. The standard InChI is InChI=1S/C13H14N2/c1-11-8-9-14-13(10-11)15-12-6-4-2-3-5-7-12/h2-4,6-10H,5H2,1H3,(H,14,15). The minimum absolute atomic E-state index is 0.896. The van der Waals surface area contributed by atoms with Crippen LogP contribution in [-0.4, -0.2) is 4.98 Å². The molecule has 2 nitrogen and oxygen atoms in total. The molecular weight excluding hydrogens is 184 g/mol. The topological polar surface area (TPSA) is 24.9 Å². The van der Waals surface area contributed by atoms with Gasteiger partial charge >= 0.3 is 0 Å². The molecule has 0 fully saturated rings. The summed E-state index contributed by atoms with van der Waals surface area (Å²) in [6.45, 7) is 2.06. The fraction of sp³-hybridized carbons (Fsp3) is 0.154. The van der Waals surface area contributed by atoms with Crippen LogP contribution >= 0.6 is 0 Å². The number of nitrogens with zero attached hydrogens (tertiary/aromatic N) is 1. The number of allylic oxidation sites excluding steroid dienone is 5. The van der Waals surface area contributed by atoms with Crippen LogP contribution in [0, 0.1) is 6.92 Å². The van der Waals surface area contributed by atoms with Crippen molar-refractivity contribution in [1.82, 2.24) is 4.98 Å². The zero-order valence-electron chi connectivity index (χ0n) is 8.77. The minimum atomic E-state index is 0.896. The Labute approximate surface area is 90.0 Å². The van der Waals surface area contributed by atoms with E-state index in [-0.39, 0.29) is 0 Å². The highest BCUT2D eigenvalue weighted by Crippen LogP contribution is 2.11. The fourth-order valence-corrected chi connectivity index (χ4v) is 1.42. The van der Waals surface area contributed by atoms with Crippen molar-refractivity contribution in [2.75, 3.05) is 5.32 Å². The zero-order chi connectivity index (χ0) is 10.5. The lowest BCUT2D eigenvalue weighted by atomic mass is 10.3. The van der Waals surface area contributed by atoms with Crippen molar-refractivity contribution in [1.29, 1.82) is 0 Å². The second-order valence-electron chi connectivity index (χ2n) is 3.53. The number of aryl methyl sites for hydroxylation is 1. The van der Waals surface area contributed by atoms with Gasteiger partial charge in [-0.3, -0.25) is 0 Å². The first kappa shape index (κ1) is 9.71. The zero-order valence-corrected chi connectivity index (χ0v) is 8.77. The average molecular weight is 198 g/mol. The van der Waals surface area contributed by atoms with Crippen molar-refractivity contribution in [3.05, 3.63) is 60.0 Å². The van der Waals surface area contributed by atoms with Crippen LogP contribution in [-0.2, 0) is 0 Å². The fourth-order valence-electron chi connectivity index (χ4n) is 1.42. The van der Waals surface area contributed by atoms with E-state index in [2.05, 4.69) is 35.5 Å². The quantitative estimate of drug-likeness (QED) is 0.789. The molecule has 0 atom stereocenters. The summed E-state index contributed by atoms with van der Waals surface area (Å²) in [5.41, 5.74) is 2.31. The molecule has 0 aromatic carbocycles. The van der Waals surface area contributed by atoms with Gasteiger partial charge in [0.05, 0.1) is 0 Å². The molecule has 0 amide bonds. The Morgan fingerprint density at radius 1 is 1.33 bits per heavy atom. The largest absolute Gasteiger partial charge is 0.340 e. The van der Waals surface area contributed by atoms with Crippen molar-refractivity contribution in [3.8, 4) is 0 Å². The Bertz CT molecular complexity index is 428. The second kappa shape index (κ2) is 4.60. The number of anilines is 1. The van der Waals surface area contributed by atoms with Gasteiger partial charge in [0, 0.05) is 11.9 Å². The van der Waals surface area contributed by atoms with Crippen LogP contribution in [0.25, 0.3) is 0 Å². The third kappa shape index (κ3) is 2.81. The Hall–Kier alpha value is -1.83. The van der Waals surface area contributed by atoms with E-state index < -0.39 is 0 Å². The Kier molecular flexibility index (Phi) is 2.98. The molecule has 15 heavy (non-hydrogen) atoms. The lowest BCUT2D eigenvalue weighted by Crippen LogP contribution is -1.98. The maximum absolute atomic E-state index is 4.26. The van der Waals surface area contributed by atoms with Crippen LogP contribution in [0.2, 0.25) is 0 Å². The smallest absolute Gasteiger partial charge is 0.130 e. The summed E-state index contributed by atoms with van der Waals surface area (Å²) in [7, 11) is 0. The van der Waals surface area contributed by atoms with E-state index in [4.69, 9.17) is 0 Å². The van der Waals surface area contributed by atoms with Gasteiger partial charge in [0.1, 0.15) is 5.82 Å². The van der Waals surface area contributed by atoms with Crippen LogP contribution in [0.15, 0.2) is 54.4 Å². The van der Waals surface area contributed by atoms with Crippen molar-refractivity contribution >= 4 is 5.82 Å². The predicted octanol–water partition coefficient (Wildman–Crippen LogP) is 3.20. The summed E-state index contributed by atoms with van der Waals surface area (Å²) >= 11 is 0. The maximum atomic E-state index is 4.26. The summed E-state index contributed by atoms with van der Waals surface area (Å²) in [5, 5.41) is 3.28. The summed E-state index contributed by atoms with van der Waals surface area (Å²) in [5.74, 6) is 0.896. The van der Waals surface area contributed by atoms with Crippen molar-refractivity contribution < 1.29 is 0 Å². The molecule has 1 aromatic heterocycles. The third-order valence-electron chi connectivity index (χ3n) is 2.18. The first-order valence-electron chi connectivity index (χ1n) is 5.08. The monoisotopic (exact) mass is 198 g/mol. The normalized spacial score (nSPS) is 14.6. The van der Waals surface area contributed by atoms with Gasteiger partial charge in [-0.1, -0.05) is 24.3 Å². The molecule has 2 rings (SSSR count). The van der Waals surface area contributed by atoms with E-state index in [0.29, 0.717) is 0 Å². The van der Waals surface area contributed by atoms with Gasteiger partial charge < -0.3 is 5.32 Å². The number of nitrogens with one attached hydrogen (secondary N) is 1.